The molecule has 126 valence electrons. The maximum atomic E-state index is 12.1. The van der Waals surface area contributed by atoms with Crippen LogP contribution in [0.25, 0.3) is 11.3 Å². The number of nitrogens with one attached hydrogen (secondary N) is 2. The average Bonchev–Trinajstić information content (AvgIpc) is 3.33. The number of hydrogen-bond donors (Lipinski definition) is 2. The summed E-state index contributed by atoms with van der Waals surface area (Å²) < 4.78 is 5.54. The molecule has 1 amide bonds. The lowest BCUT2D eigenvalue weighted by atomic mass is 10.0. The fourth-order valence-electron chi connectivity index (χ4n) is 3.29. The van der Waals surface area contributed by atoms with Gasteiger partial charge >= 0.3 is 0 Å². The van der Waals surface area contributed by atoms with Crippen LogP contribution >= 0.6 is 11.3 Å². The Morgan fingerprint density at radius 3 is 3.29 bits per heavy atom. The number of carbonyl (C=O) groups is 1. The number of nitrogens with zero attached hydrogens (tertiary/aromatic N) is 1. The molecule has 2 N–H and O–H groups in total. The average molecular weight is 343 g/mol. The summed E-state index contributed by atoms with van der Waals surface area (Å²) in [7, 11) is 0. The van der Waals surface area contributed by atoms with E-state index in [0.717, 1.165) is 49.5 Å². The SMILES string of the molecule is O=C(CCC1CCNC1)Nc1nc(-c2ccc3c(c2)CCO3)cs1. The quantitative estimate of drug-likeness (QED) is 0.876. The molecule has 1 aromatic heterocycles. The summed E-state index contributed by atoms with van der Waals surface area (Å²) in [6.45, 7) is 2.87. The highest BCUT2D eigenvalue weighted by Gasteiger charge is 2.17. The molecule has 1 atom stereocenters. The van der Waals surface area contributed by atoms with Gasteiger partial charge in [-0.05, 0) is 55.6 Å². The normalized spacial score (nSPS) is 19.1. The van der Waals surface area contributed by atoms with Crippen LogP contribution in [0.15, 0.2) is 23.6 Å². The largest absolute Gasteiger partial charge is 0.493 e. The predicted octanol–water partition coefficient (Wildman–Crippen LogP) is 3.07. The molecular weight excluding hydrogens is 322 g/mol. The maximum absolute atomic E-state index is 12.1. The number of benzene rings is 1. The Morgan fingerprint density at radius 2 is 2.42 bits per heavy atom. The molecule has 4 rings (SSSR count). The third-order valence-electron chi connectivity index (χ3n) is 4.68. The Bertz CT molecular complexity index is 738. The number of anilines is 1. The first kappa shape index (κ1) is 15.6. The van der Waals surface area contributed by atoms with Gasteiger partial charge in [0.05, 0.1) is 12.3 Å². The van der Waals surface area contributed by atoms with Crippen molar-refractivity contribution in [2.45, 2.75) is 25.7 Å². The Balaban J connectivity index is 1.36. The molecule has 2 aliphatic heterocycles. The summed E-state index contributed by atoms with van der Waals surface area (Å²) in [5, 5.41) is 8.94. The van der Waals surface area contributed by atoms with Gasteiger partial charge < -0.3 is 15.4 Å². The van der Waals surface area contributed by atoms with E-state index >= 15 is 0 Å². The molecule has 2 aliphatic rings. The van der Waals surface area contributed by atoms with Crippen molar-refractivity contribution in [2.24, 2.45) is 5.92 Å². The van der Waals surface area contributed by atoms with Gasteiger partial charge in [0.1, 0.15) is 5.75 Å². The number of rotatable bonds is 5. The van der Waals surface area contributed by atoms with Crippen LogP contribution in [0.2, 0.25) is 0 Å². The molecule has 2 aromatic rings. The van der Waals surface area contributed by atoms with Gasteiger partial charge in [0, 0.05) is 23.8 Å². The molecule has 1 unspecified atom stereocenters. The molecule has 1 saturated heterocycles. The van der Waals surface area contributed by atoms with Crippen LogP contribution in [0, 0.1) is 5.92 Å². The van der Waals surface area contributed by atoms with Crippen LogP contribution in [0.4, 0.5) is 5.13 Å². The lowest BCUT2D eigenvalue weighted by Gasteiger charge is -2.07. The number of aromatic nitrogens is 1. The Hall–Kier alpha value is -1.92. The van der Waals surface area contributed by atoms with Gasteiger partial charge in [0.15, 0.2) is 5.13 Å². The first-order valence-electron chi connectivity index (χ1n) is 8.50. The Morgan fingerprint density at radius 1 is 1.46 bits per heavy atom. The van der Waals surface area contributed by atoms with Crippen LogP contribution in [-0.4, -0.2) is 30.6 Å². The van der Waals surface area contributed by atoms with E-state index in [4.69, 9.17) is 4.74 Å². The Labute approximate surface area is 145 Å². The van der Waals surface area contributed by atoms with Crippen molar-refractivity contribution in [1.82, 2.24) is 10.3 Å². The van der Waals surface area contributed by atoms with Crippen molar-refractivity contribution in [1.29, 1.82) is 0 Å². The zero-order valence-corrected chi connectivity index (χ0v) is 14.3. The van der Waals surface area contributed by atoms with Crippen LogP contribution in [0.5, 0.6) is 5.75 Å². The summed E-state index contributed by atoms with van der Waals surface area (Å²) in [6.07, 6.45) is 3.64. The second-order valence-electron chi connectivity index (χ2n) is 6.40. The number of thiazole rings is 1. The highest BCUT2D eigenvalue weighted by Crippen LogP contribution is 2.32. The molecule has 3 heterocycles. The zero-order valence-electron chi connectivity index (χ0n) is 13.5. The number of amides is 1. The lowest BCUT2D eigenvalue weighted by Crippen LogP contribution is -2.14. The number of carbonyl (C=O) groups excluding carboxylic acids is 1. The molecule has 0 spiro atoms. The molecule has 0 saturated carbocycles. The van der Waals surface area contributed by atoms with Crippen molar-refractivity contribution >= 4 is 22.4 Å². The lowest BCUT2D eigenvalue weighted by molar-refractivity contribution is -0.116. The molecule has 1 aromatic carbocycles. The minimum absolute atomic E-state index is 0.0603. The zero-order chi connectivity index (χ0) is 16.4. The van der Waals surface area contributed by atoms with Crippen LogP contribution in [0.3, 0.4) is 0 Å². The molecule has 0 radical (unpaired) electrons. The molecular formula is C18H21N3O2S. The van der Waals surface area contributed by atoms with E-state index in [2.05, 4.69) is 21.7 Å². The molecule has 24 heavy (non-hydrogen) atoms. The van der Waals surface area contributed by atoms with Gasteiger partial charge in [0.25, 0.3) is 0 Å². The van der Waals surface area contributed by atoms with E-state index in [-0.39, 0.29) is 5.91 Å². The topological polar surface area (TPSA) is 63.2 Å². The third-order valence-corrected chi connectivity index (χ3v) is 5.44. The molecule has 1 fully saturated rings. The maximum Gasteiger partial charge on any atom is 0.226 e. The highest BCUT2D eigenvalue weighted by molar-refractivity contribution is 7.14. The molecule has 6 heteroatoms. The van der Waals surface area contributed by atoms with Gasteiger partial charge in [-0.25, -0.2) is 4.98 Å². The van der Waals surface area contributed by atoms with Crippen molar-refractivity contribution in [3.8, 4) is 17.0 Å². The van der Waals surface area contributed by atoms with Crippen molar-refractivity contribution in [3.63, 3.8) is 0 Å². The predicted molar refractivity (Wildman–Crippen MR) is 95.6 cm³/mol. The van der Waals surface area contributed by atoms with E-state index in [1.54, 1.807) is 0 Å². The van der Waals surface area contributed by atoms with E-state index in [1.807, 2.05) is 17.5 Å². The van der Waals surface area contributed by atoms with E-state index < -0.39 is 0 Å². The van der Waals surface area contributed by atoms with Crippen LogP contribution in [0.1, 0.15) is 24.8 Å². The highest BCUT2D eigenvalue weighted by atomic mass is 32.1. The summed E-state index contributed by atoms with van der Waals surface area (Å²) in [5.41, 5.74) is 3.22. The molecule has 0 aliphatic carbocycles. The minimum atomic E-state index is 0.0603. The van der Waals surface area contributed by atoms with Gasteiger partial charge in [-0.15, -0.1) is 11.3 Å². The Kier molecular flexibility index (Phi) is 4.49. The fourth-order valence-corrected chi connectivity index (χ4v) is 4.02. The van der Waals surface area contributed by atoms with Crippen LogP contribution < -0.4 is 15.4 Å². The van der Waals surface area contributed by atoms with Crippen LogP contribution in [-0.2, 0) is 11.2 Å². The fraction of sp³-hybridized carbons (Fsp3) is 0.444. The summed E-state index contributed by atoms with van der Waals surface area (Å²) in [5.74, 6) is 1.67. The third kappa shape index (κ3) is 3.44. The molecule has 5 nitrogen and oxygen atoms in total. The first-order valence-corrected chi connectivity index (χ1v) is 9.38. The minimum Gasteiger partial charge on any atom is -0.493 e. The monoisotopic (exact) mass is 343 g/mol. The number of fused-ring (bicyclic) bond motifs is 1. The summed E-state index contributed by atoms with van der Waals surface area (Å²) >= 11 is 1.48. The van der Waals surface area contributed by atoms with Crippen molar-refractivity contribution in [2.75, 3.05) is 25.0 Å². The van der Waals surface area contributed by atoms with E-state index in [9.17, 15) is 4.79 Å². The second kappa shape index (κ2) is 6.91. The number of hydrogen-bond acceptors (Lipinski definition) is 5. The molecule has 0 bridgehead atoms. The van der Waals surface area contributed by atoms with Gasteiger partial charge in [-0.2, -0.15) is 0 Å². The first-order chi connectivity index (χ1) is 11.8. The van der Waals surface area contributed by atoms with Gasteiger partial charge in [-0.1, -0.05) is 0 Å². The standard InChI is InChI=1S/C18H21N3O2S/c22-17(4-1-12-5-7-19-10-12)21-18-20-15(11-24-18)13-2-3-16-14(9-13)6-8-23-16/h2-3,9,11-12,19H,1,4-8,10H2,(H,20,21,22). The van der Waals surface area contributed by atoms with E-state index in [1.165, 1.54) is 23.3 Å². The summed E-state index contributed by atoms with van der Waals surface area (Å²) in [4.78, 5) is 16.6. The van der Waals surface area contributed by atoms with Gasteiger partial charge in [-0.3, -0.25) is 4.79 Å². The van der Waals surface area contributed by atoms with Crippen molar-refractivity contribution < 1.29 is 9.53 Å². The number of ether oxygens (including phenoxy) is 1. The van der Waals surface area contributed by atoms with Crippen molar-refractivity contribution in [3.05, 3.63) is 29.1 Å². The second-order valence-corrected chi connectivity index (χ2v) is 7.26. The van der Waals surface area contributed by atoms with Gasteiger partial charge in [0.2, 0.25) is 5.91 Å². The van der Waals surface area contributed by atoms with E-state index in [0.29, 0.717) is 17.5 Å². The summed E-state index contributed by atoms with van der Waals surface area (Å²) in [6, 6.07) is 6.17. The smallest absolute Gasteiger partial charge is 0.226 e.